The lowest BCUT2D eigenvalue weighted by molar-refractivity contribution is -0.125. The molecule has 0 unspecified atom stereocenters. The van der Waals surface area contributed by atoms with Crippen molar-refractivity contribution in [1.82, 2.24) is 10.2 Å². The van der Waals surface area contributed by atoms with Gasteiger partial charge >= 0.3 is 0 Å². The molecule has 0 aliphatic carbocycles. The molecular formula is C25H34N2O3. The van der Waals surface area contributed by atoms with Crippen molar-refractivity contribution in [2.24, 2.45) is 5.92 Å². The number of ether oxygens (including phenoxy) is 2. The Labute approximate surface area is 180 Å². The highest BCUT2D eigenvalue weighted by atomic mass is 16.5. The maximum atomic E-state index is 12.5. The lowest BCUT2D eigenvalue weighted by atomic mass is 9.87. The van der Waals surface area contributed by atoms with Gasteiger partial charge in [0.25, 0.3) is 0 Å². The van der Waals surface area contributed by atoms with Gasteiger partial charge in [-0.15, -0.1) is 0 Å². The number of benzene rings is 2. The molecule has 1 aliphatic heterocycles. The molecule has 0 bridgehead atoms. The normalized spacial score (nSPS) is 17.4. The summed E-state index contributed by atoms with van der Waals surface area (Å²) >= 11 is 0. The zero-order valence-electron chi connectivity index (χ0n) is 19.0. The molecule has 0 saturated heterocycles. The zero-order valence-corrected chi connectivity index (χ0v) is 19.0. The van der Waals surface area contributed by atoms with Crippen LogP contribution in [0.4, 0.5) is 0 Å². The second kappa shape index (κ2) is 9.52. The van der Waals surface area contributed by atoms with Crippen molar-refractivity contribution in [3.63, 3.8) is 0 Å². The fourth-order valence-corrected chi connectivity index (χ4v) is 4.31. The smallest absolute Gasteiger partial charge is 0.222 e. The molecule has 3 rings (SSSR count). The van der Waals surface area contributed by atoms with Crippen LogP contribution in [-0.4, -0.2) is 37.6 Å². The first-order valence-corrected chi connectivity index (χ1v) is 10.7. The van der Waals surface area contributed by atoms with Crippen molar-refractivity contribution in [1.29, 1.82) is 0 Å². The van der Waals surface area contributed by atoms with Gasteiger partial charge in [0.1, 0.15) is 0 Å². The van der Waals surface area contributed by atoms with E-state index < -0.39 is 0 Å². The molecule has 2 aromatic rings. The van der Waals surface area contributed by atoms with Crippen LogP contribution in [0.25, 0.3) is 0 Å². The molecule has 5 nitrogen and oxygen atoms in total. The number of aryl methyl sites for hydroxylation is 1. The van der Waals surface area contributed by atoms with E-state index >= 15 is 0 Å². The van der Waals surface area contributed by atoms with Crippen LogP contribution in [0.5, 0.6) is 11.5 Å². The summed E-state index contributed by atoms with van der Waals surface area (Å²) in [6.45, 7) is 9.82. The van der Waals surface area contributed by atoms with Gasteiger partial charge in [0, 0.05) is 25.0 Å². The number of rotatable bonds is 7. The minimum atomic E-state index is -0.0499. The number of nitrogens with zero attached hydrogens (tertiary/aromatic N) is 1. The molecule has 1 N–H and O–H groups in total. The van der Waals surface area contributed by atoms with Gasteiger partial charge in [0.05, 0.1) is 20.3 Å². The number of methoxy groups -OCH3 is 2. The molecule has 1 aliphatic rings. The van der Waals surface area contributed by atoms with Crippen LogP contribution in [0, 0.1) is 12.8 Å². The minimum absolute atomic E-state index is 0.0399. The van der Waals surface area contributed by atoms with Crippen LogP contribution in [0.1, 0.15) is 49.1 Å². The Hall–Kier alpha value is -2.53. The molecule has 2 atom stereocenters. The lowest BCUT2D eigenvalue weighted by Crippen LogP contribution is -2.48. The molecular weight excluding hydrogens is 376 g/mol. The van der Waals surface area contributed by atoms with E-state index in [1.54, 1.807) is 14.2 Å². The van der Waals surface area contributed by atoms with Gasteiger partial charge in [0.2, 0.25) is 5.91 Å². The Morgan fingerprint density at radius 3 is 2.47 bits per heavy atom. The number of carbonyl (C=O) groups is 1. The van der Waals surface area contributed by atoms with E-state index in [0.717, 1.165) is 31.0 Å². The first-order valence-electron chi connectivity index (χ1n) is 10.7. The number of nitrogens with one attached hydrogen (secondary N) is 1. The van der Waals surface area contributed by atoms with Gasteiger partial charge in [-0.3, -0.25) is 9.69 Å². The number of carbonyl (C=O) groups excluding carboxylic acids is 1. The van der Waals surface area contributed by atoms with Gasteiger partial charge in [-0.2, -0.15) is 0 Å². The third-order valence-electron chi connectivity index (χ3n) is 5.86. The molecule has 0 saturated carbocycles. The van der Waals surface area contributed by atoms with Gasteiger partial charge < -0.3 is 14.8 Å². The Bertz CT molecular complexity index is 894. The van der Waals surface area contributed by atoms with Gasteiger partial charge in [-0.05, 0) is 49.1 Å². The summed E-state index contributed by atoms with van der Waals surface area (Å²) < 4.78 is 11.1. The van der Waals surface area contributed by atoms with E-state index in [2.05, 4.69) is 60.5 Å². The summed E-state index contributed by atoms with van der Waals surface area (Å²) in [4.78, 5) is 14.9. The number of hydrogen-bond donors (Lipinski definition) is 1. The third kappa shape index (κ3) is 4.78. The van der Waals surface area contributed by atoms with Crippen molar-refractivity contribution in [3.8, 4) is 11.5 Å². The monoisotopic (exact) mass is 410 g/mol. The van der Waals surface area contributed by atoms with Crippen LogP contribution in [-0.2, 0) is 17.8 Å². The third-order valence-corrected chi connectivity index (χ3v) is 5.86. The fourth-order valence-electron chi connectivity index (χ4n) is 4.31. The SMILES string of the molecule is COc1cc2c(cc1OC)[C@H]([C@H](C)NC(=O)C(C)C)N(Cc1cccc(C)c1)CC2. The molecule has 5 heteroatoms. The van der Waals surface area contributed by atoms with Gasteiger partial charge in [-0.25, -0.2) is 0 Å². The van der Waals surface area contributed by atoms with E-state index in [4.69, 9.17) is 9.47 Å². The van der Waals surface area contributed by atoms with E-state index in [1.807, 2.05) is 13.8 Å². The predicted molar refractivity (Wildman–Crippen MR) is 120 cm³/mol. The highest BCUT2D eigenvalue weighted by Gasteiger charge is 2.34. The van der Waals surface area contributed by atoms with Crippen molar-refractivity contribution < 1.29 is 14.3 Å². The van der Waals surface area contributed by atoms with Crippen LogP contribution < -0.4 is 14.8 Å². The molecule has 30 heavy (non-hydrogen) atoms. The number of fused-ring (bicyclic) bond motifs is 1. The van der Waals surface area contributed by atoms with E-state index in [0.29, 0.717) is 0 Å². The Kier molecular flexibility index (Phi) is 7.03. The van der Waals surface area contributed by atoms with Crippen molar-refractivity contribution >= 4 is 5.91 Å². The molecule has 0 radical (unpaired) electrons. The highest BCUT2D eigenvalue weighted by Crippen LogP contribution is 2.40. The Balaban J connectivity index is 1.99. The molecule has 1 heterocycles. The largest absolute Gasteiger partial charge is 0.493 e. The van der Waals surface area contributed by atoms with E-state index in [-0.39, 0.29) is 23.9 Å². The summed E-state index contributed by atoms with van der Waals surface area (Å²) in [6, 6.07) is 12.8. The fraction of sp³-hybridized carbons (Fsp3) is 0.480. The highest BCUT2D eigenvalue weighted by molar-refractivity contribution is 5.78. The standard InChI is InChI=1S/C25H34N2O3/c1-16(2)25(28)26-18(4)24-21-14-23(30-6)22(29-5)13-20(21)10-11-27(24)15-19-9-7-8-17(3)12-19/h7-9,12-14,16,18,24H,10-11,15H2,1-6H3,(H,26,28)/t18-,24-/m0/s1. The van der Waals surface area contributed by atoms with E-state index in [1.165, 1.54) is 22.3 Å². The number of amides is 1. The average molecular weight is 411 g/mol. The van der Waals surface area contributed by atoms with Crippen molar-refractivity contribution in [3.05, 3.63) is 58.7 Å². The maximum absolute atomic E-state index is 12.5. The first kappa shape index (κ1) is 22.2. The summed E-state index contributed by atoms with van der Waals surface area (Å²) in [5.74, 6) is 1.50. The van der Waals surface area contributed by atoms with Crippen LogP contribution in [0.15, 0.2) is 36.4 Å². The van der Waals surface area contributed by atoms with Crippen LogP contribution in [0.3, 0.4) is 0 Å². The van der Waals surface area contributed by atoms with Crippen molar-refractivity contribution in [2.45, 2.75) is 52.7 Å². The van der Waals surface area contributed by atoms with Crippen molar-refractivity contribution in [2.75, 3.05) is 20.8 Å². The molecule has 162 valence electrons. The topological polar surface area (TPSA) is 50.8 Å². The molecule has 2 aromatic carbocycles. The average Bonchev–Trinajstić information content (AvgIpc) is 2.72. The molecule has 1 amide bonds. The molecule has 0 aromatic heterocycles. The minimum Gasteiger partial charge on any atom is -0.493 e. The summed E-state index contributed by atoms with van der Waals surface area (Å²) in [6.07, 6.45) is 0.933. The predicted octanol–water partition coefficient (Wildman–Crippen LogP) is 4.27. The maximum Gasteiger partial charge on any atom is 0.222 e. The first-order chi connectivity index (χ1) is 14.3. The summed E-state index contributed by atoms with van der Waals surface area (Å²) in [5, 5.41) is 3.23. The quantitative estimate of drug-likeness (QED) is 0.741. The Morgan fingerprint density at radius 2 is 1.83 bits per heavy atom. The number of hydrogen-bond acceptors (Lipinski definition) is 4. The summed E-state index contributed by atoms with van der Waals surface area (Å²) in [5.41, 5.74) is 4.99. The summed E-state index contributed by atoms with van der Waals surface area (Å²) in [7, 11) is 3.33. The molecule has 0 spiro atoms. The lowest BCUT2D eigenvalue weighted by Gasteiger charge is -2.41. The second-order valence-corrected chi connectivity index (χ2v) is 8.51. The molecule has 0 fully saturated rings. The van der Waals surface area contributed by atoms with E-state index in [9.17, 15) is 4.79 Å². The van der Waals surface area contributed by atoms with Crippen LogP contribution >= 0.6 is 0 Å². The Morgan fingerprint density at radius 1 is 1.13 bits per heavy atom. The van der Waals surface area contributed by atoms with Gasteiger partial charge in [-0.1, -0.05) is 43.7 Å². The zero-order chi connectivity index (χ0) is 21.8. The van der Waals surface area contributed by atoms with Crippen LogP contribution in [0.2, 0.25) is 0 Å². The second-order valence-electron chi connectivity index (χ2n) is 8.51. The van der Waals surface area contributed by atoms with Gasteiger partial charge in [0.15, 0.2) is 11.5 Å².